The van der Waals surface area contributed by atoms with Gasteiger partial charge in [0.2, 0.25) is 0 Å². The second-order valence-corrected chi connectivity index (χ2v) is 6.43. The van der Waals surface area contributed by atoms with Gasteiger partial charge in [0.1, 0.15) is 0 Å². The van der Waals surface area contributed by atoms with Crippen molar-refractivity contribution in [1.29, 1.82) is 0 Å². The number of para-hydroxylation sites is 1. The number of nitrogens with two attached hydrogens (primary N) is 1. The summed E-state index contributed by atoms with van der Waals surface area (Å²) in [5.74, 6) is 0. The first kappa shape index (κ1) is 16.3. The molecule has 0 radical (unpaired) electrons. The van der Waals surface area contributed by atoms with Crippen LogP contribution < -0.4 is 10.6 Å². The van der Waals surface area contributed by atoms with E-state index in [0.717, 1.165) is 19.6 Å². The molecule has 2 N–H and O–H groups in total. The van der Waals surface area contributed by atoms with Crippen LogP contribution in [0, 0.1) is 0 Å². The van der Waals surface area contributed by atoms with E-state index in [1.54, 1.807) is 0 Å². The van der Waals surface area contributed by atoms with Gasteiger partial charge in [-0.05, 0) is 51.4 Å². The van der Waals surface area contributed by atoms with Crippen molar-refractivity contribution >= 4 is 5.69 Å². The van der Waals surface area contributed by atoms with Gasteiger partial charge >= 0.3 is 0 Å². The van der Waals surface area contributed by atoms with Crippen molar-refractivity contribution in [3.8, 4) is 0 Å². The van der Waals surface area contributed by atoms with Crippen molar-refractivity contribution in [2.45, 2.75) is 44.6 Å². The Morgan fingerprint density at radius 2 is 1.95 bits per heavy atom. The third-order valence-electron chi connectivity index (χ3n) is 4.90. The van der Waals surface area contributed by atoms with Crippen LogP contribution in [0.3, 0.4) is 0 Å². The summed E-state index contributed by atoms with van der Waals surface area (Å²) < 4.78 is 0. The third-order valence-corrected chi connectivity index (χ3v) is 4.90. The summed E-state index contributed by atoms with van der Waals surface area (Å²) in [7, 11) is 2.23. The maximum Gasteiger partial charge on any atom is 0.0536 e. The van der Waals surface area contributed by atoms with Crippen LogP contribution in [0.1, 0.15) is 39.0 Å². The van der Waals surface area contributed by atoms with E-state index < -0.39 is 0 Å². The van der Waals surface area contributed by atoms with E-state index in [4.69, 9.17) is 5.73 Å². The predicted molar refractivity (Wildman–Crippen MR) is 91.8 cm³/mol. The zero-order chi connectivity index (χ0) is 15.1. The Morgan fingerprint density at radius 1 is 1.19 bits per heavy atom. The average Bonchev–Trinajstić information content (AvgIpc) is 2.71. The van der Waals surface area contributed by atoms with Crippen molar-refractivity contribution in [2.75, 3.05) is 38.1 Å². The standard InChI is InChI=1S/C18H31N3/c1-3-4-14-21(17-9-6-5-7-10-17)18(16-19)11-8-13-20(2)15-12-18/h5-7,9-10H,3-4,8,11-16,19H2,1-2H3. The van der Waals surface area contributed by atoms with Crippen LogP contribution in [0.25, 0.3) is 0 Å². The molecular weight excluding hydrogens is 258 g/mol. The summed E-state index contributed by atoms with van der Waals surface area (Å²) in [5, 5.41) is 0. The topological polar surface area (TPSA) is 32.5 Å². The third kappa shape index (κ3) is 3.98. The highest BCUT2D eigenvalue weighted by molar-refractivity contribution is 5.49. The molecule has 0 saturated carbocycles. The van der Waals surface area contributed by atoms with Gasteiger partial charge in [0.25, 0.3) is 0 Å². The molecule has 0 spiro atoms. The molecule has 1 atom stereocenters. The normalized spacial score (nSPS) is 23.8. The molecule has 1 aliphatic rings. The van der Waals surface area contributed by atoms with E-state index in [1.807, 2.05) is 0 Å². The van der Waals surface area contributed by atoms with Crippen LogP contribution in [0.15, 0.2) is 30.3 Å². The number of benzene rings is 1. The first-order valence-corrected chi connectivity index (χ1v) is 8.43. The average molecular weight is 289 g/mol. The summed E-state index contributed by atoms with van der Waals surface area (Å²) in [4.78, 5) is 5.05. The van der Waals surface area contributed by atoms with Gasteiger partial charge < -0.3 is 15.5 Å². The fraction of sp³-hybridized carbons (Fsp3) is 0.667. The molecule has 1 saturated heterocycles. The Kier molecular flexibility index (Phi) is 6.07. The molecule has 1 heterocycles. The molecule has 0 bridgehead atoms. The summed E-state index contributed by atoms with van der Waals surface area (Å²) in [6.45, 7) is 6.46. The molecule has 2 rings (SSSR count). The van der Waals surface area contributed by atoms with E-state index in [9.17, 15) is 0 Å². The highest BCUT2D eigenvalue weighted by Gasteiger charge is 2.36. The summed E-state index contributed by atoms with van der Waals surface area (Å²) >= 11 is 0. The van der Waals surface area contributed by atoms with Gasteiger partial charge in [-0.15, -0.1) is 0 Å². The van der Waals surface area contributed by atoms with Crippen molar-refractivity contribution in [2.24, 2.45) is 5.73 Å². The zero-order valence-corrected chi connectivity index (χ0v) is 13.7. The lowest BCUT2D eigenvalue weighted by molar-refractivity contribution is 0.316. The first-order valence-electron chi connectivity index (χ1n) is 8.43. The lowest BCUT2D eigenvalue weighted by Crippen LogP contribution is -2.55. The SMILES string of the molecule is CCCCN(c1ccccc1)C1(CN)CCCN(C)CC1. The first-order chi connectivity index (χ1) is 10.2. The maximum atomic E-state index is 6.30. The Morgan fingerprint density at radius 3 is 2.62 bits per heavy atom. The van der Waals surface area contributed by atoms with Crippen molar-refractivity contribution < 1.29 is 0 Å². The molecule has 0 amide bonds. The molecule has 0 aliphatic carbocycles. The smallest absolute Gasteiger partial charge is 0.0536 e. The molecule has 1 fully saturated rings. The molecule has 3 heteroatoms. The largest absolute Gasteiger partial charge is 0.365 e. The Balaban J connectivity index is 2.27. The van der Waals surface area contributed by atoms with E-state index in [2.05, 4.69) is 54.1 Å². The summed E-state index contributed by atoms with van der Waals surface area (Å²) in [6, 6.07) is 10.9. The molecule has 1 unspecified atom stereocenters. The number of hydrogen-bond donors (Lipinski definition) is 1. The minimum absolute atomic E-state index is 0.126. The van der Waals surface area contributed by atoms with Gasteiger partial charge in [-0.1, -0.05) is 31.5 Å². The number of rotatable bonds is 6. The van der Waals surface area contributed by atoms with Crippen molar-refractivity contribution in [3.05, 3.63) is 30.3 Å². The molecule has 3 nitrogen and oxygen atoms in total. The second-order valence-electron chi connectivity index (χ2n) is 6.43. The number of nitrogens with zero attached hydrogens (tertiary/aromatic N) is 2. The van der Waals surface area contributed by atoms with E-state index in [0.29, 0.717) is 0 Å². The highest BCUT2D eigenvalue weighted by Crippen LogP contribution is 2.32. The van der Waals surface area contributed by atoms with Crippen LogP contribution >= 0.6 is 0 Å². The number of likely N-dealkylation sites (tertiary alicyclic amines) is 1. The summed E-state index contributed by atoms with van der Waals surface area (Å²) in [6.07, 6.45) is 6.06. The highest BCUT2D eigenvalue weighted by atomic mass is 15.2. The molecular formula is C18H31N3. The monoisotopic (exact) mass is 289 g/mol. The van der Waals surface area contributed by atoms with Gasteiger partial charge in [0.05, 0.1) is 5.54 Å². The number of hydrogen-bond acceptors (Lipinski definition) is 3. The van der Waals surface area contributed by atoms with Crippen molar-refractivity contribution in [3.63, 3.8) is 0 Å². The van der Waals surface area contributed by atoms with Gasteiger partial charge in [0.15, 0.2) is 0 Å². The van der Waals surface area contributed by atoms with Gasteiger partial charge in [0, 0.05) is 25.3 Å². The van der Waals surface area contributed by atoms with Crippen LogP contribution in [0.2, 0.25) is 0 Å². The van der Waals surface area contributed by atoms with E-state index >= 15 is 0 Å². The van der Waals surface area contributed by atoms with Crippen LogP contribution in [0.4, 0.5) is 5.69 Å². The predicted octanol–water partition coefficient (Wildman–Crippen LogP) is 3.11. The van der Waals surface area contributed by atoms with E-state index in [1.165, 1.54) is 44.3 Å². The molecule has 118 valence electrons. The Hall–Kier alpha value is -1.06. The van der Waals surface area contributed by atoms with Crippen LogP contribution in [-0.2, 0) is 0 Å². The van der Waals surface area contributed by atoms with Crippen LogP contribution in [-0.4, -0.2) is 43.7 Å². The van der Waals surface area contributed by atoms with Gasteiger partial charge in [-0.3, -0.25) is 0 Å². The van der Waals surface area contributed by atoms with Crippen molar-refractivity contribution in [1.82, 2.24) is 4.90 Å². The number of anilines is 1. The molecule has 21 heavy (non-hydrogen) atoms. The van der Waals surface area contributed by atoms with Gasteiger partial charge in [-0.25, -0.2) is 0 Å². The van der Waals surface area contributed by atoms with Gasteiger partial charge in [-0.2, -0.15) is 0 Å². The Bertz CT molecular complexity index is 406. The number of unbranched alkanes of at least 4 members (excludes halogenated alkanes) is 1. The second kappa shape index (κ2) is 7.81. The molecule has 1 aliphatic heterocycles. The lowest BCUT2D eigenvalue weighted by Gasteiger charge is -2.45. The van der Waals surface area contributed by atoms with Crippen LogP contribution in [0.5, 0.6) is 0 Å². The lowest BCUT2D eigenvalue weighted by atomic mass is 9.87. The molecule has 1 aromatic carbocycles. The fourth-order valence-electron chi connectivity index (χ4n) is 3.46. The minimum atomic E-state index is 0.126. The van der Waals surface area contributed by atoms with E-state index in [-0.39, 0.29) is 5.54 Å². The zero-order valence-electron chi connectivity index (χ0n) is 13.7. The maximum absolute atomic E-state index is 6.30. The Labute approximate surface area is 130 Å². The minimum Gasteiger partial charge on any atom is -0.365 e. The molecule has 0 aromatic heterocycles. The summed E-state index contributed by atoms with van der Waals surface area (Å²) in [5.41, 5.74) is 7.76. The fourth-order valence-corrected chi connectivity index (χ4v) is 3.46. The quantitative estimate of drug-likeness (QED) is 0.873. The molecule has 1 aromatic rings.